The van der Waals surface area contributed by atoms with E-state index in [1.165, 1.54) is 116 Å². The lowest BCUT2D eigenvalue weighted by atomic mass is 10.00. The zero-order valence-corrected chi connectivity index (χ0v) is 19.8. The number of carboxylic acid groups (broad SMARTS) is 2. The van der Waals surface area contributed by atoms with E-state index in [0.717, 1.165) is 12.8 Å². The molecule has 0 heterocycles. The molecule has 0 fully saturated rings. The van der Waals surface area contributed by atoms with Crippen LogP contribution < -0.4 is 0 Å². The van der Waals surface area contributed by atoms with Crippen molar-refractivity contribution in [1.29, 1.82) is 0 Å². The molecular formula is C26H50O4. The van der Waals surface area contributed by atoms with Gasteiger partial charge in [0.1, 0.15) is 0 Å². The van der Waals surface area contributed by atoms with Crippen LogP contribution in [-0.4, -0.2) is 22.2 Å². The fraction of sp³-hybridized carbons (Fsp3) is 0.923. The van der Waals surface area contributed by atoms with Gasteiger partial charge >= 0.3 is 11.9 Å². The predicted octanol–water partition coefficient (Wildman–Crippen LogP) is 8.37. The standard InChI is InChI=1S/C26H50O4/c1-2-3-4-5-6-7-8-9-10-11-12-13-14-15-16-17-18-19-20-21-22-23-24(25(27)28)26(29)30/h24H,2-23H2,1H3,(H,27,28)(H,29,30). The molecule has 0 saturated heterocycles. The molecule has 0 atom stereocenters. The zero-order valence-electron chi connectivity index (χ0n) is 19.8. The van der Waals surface area contributed by atoms with Crippen LogP contribution in [0.4, 0.5) is 0 Å². The molecule has 0 rings (SSSR count). The Balaban J connectivity index is 3.16. The first-order valence-corrected chi connectivity index (χ1v) is 13.0. The normalized spacial score (nSPS) is 11.3. The van der Waals surface area contributed by atoms with Gasteiger partial charge in [0.15, 0.2) is 5.92 Å². The Kier molecular flexibility index (Phi) is 21.8. The fourth-order valence-corrected chi connectivity index (χ4v) is 4.13. The molecule has 0 saturated carbocycles. The van der Waals surface area contributed by atoms with Crippen molar-refractivity contribution in [1.82, 2.24) is 0 Å². The Morgan fingerprint density at radius 1 is 0.467 bits per heavy atom. The molecule has 4 heteroatoms. The topological polar surface area (TPSA) is 74.6 Å². The minimum absolute atomic E-state index is 0.254. The van der Waals surface area contributed by atoms with Gasteiger partial charge in [-0.05, 0) is 6.42 Å². The van der Waals surface area contributed by atoms with Crippen LogP contribution in [0.3, 0.4) is 0 Å². The second-order valence-corrected chi connectivity index (χ2v) is 9.09. The SMILES string of the molecule is CCCCCCCCCCCCCCCCCCCCCCCC(C(=O)O)C(=O)O. The van der Waals surface area contributed by atoms with E-state index in [1.807, 2.05) is 0 Å². The number of carboxylic acids is 2. The number of carbonyl (C=O) groups is 2. The summed E-state index contributed by atoms with van der Waals surface area (Å²) in [6.07, 6.45) is 27.8. The lowest BCUT2D eigenvalue weighted by Crippen LogP contribution is -2.23. The second-order valence-electron chi connectivity index (χ2n) is 9.09. The summed E-state index contributed by atoms with van der Waals surface area (Å²) in [6.45, 7) is 2.28. The summed E-state index contributed by atoms with van der Waals surface area (Å²) in [6, 6.07) is 0. The molecule has 0 unspecified atom stereocenters. The van der Waals surface area contributed by atoms with Gasteiger partial charge < -0.3 is 10.2 Å². The van der Waals surface area contributed by atoms with E-state index in [-0.39, 0.29) is 6.42 Å². The third-order valence-electron chi connectivity index (χ3n) is 6.19. The Labute approximate surface area is 186 Å². The molecule has 178 valence electrons. The average molecular weight is 427 g/mol. The molecule has 0 bridgehead atoms. The van der Waals surface area contributed by atoms with E-state index in [0.29, 0.717) is 6.42 Å². The van der Waals surface area contributed by atoms with Crippen LogP contribution in [0.1, 0.15) is 148 Å². The number of unbranched alkanes of at least 4 members (excludes halogenated alkanes) is 20. The smallest absolute Gasteiger partial charge is 0.317 e. The molecule has 30 heavy (non-hydrogen) atoms. The van der Waals surface area contributed by atoms with E-state index in [9.17, 15) is 9.59 Å². The first-order valence-electron chi connectivity index (χ1n) is 13.0. The summed E-state index contributed by atoms with van der Waals surface area (Å²) in [5.74, 6) is -3.66. The van der Waals surface area contributed by atoms with Crippen molar-refractivity contribution in [2.24, 2.45) is 5.92 Å². The molecule has 0 aromatic heterocycles. The Bertz CT molecular complexity index is 380. The van der Waals surface area contributed by atoms with E-state index < -0.39 is 17.9 Å². The van der Waals surface area contributed by atoms with Crippen LogP contribution in [0, 0.1) is 5.92 Å². The van der Waals surface area contributed by atoms with Crippen molar-refractivity contribution >= 4 is 11.9 Å². The Hall–Kier alpha value is -1.06. The summed E-state index contributed by atoms with van der Waals surface area (Å²) in [5.41, 5.74) is 0. The minimum atomic E-state index is -1.23. The summed E-state index contributed by atoms with van der Waals surface area (Å²) in [7, 11) is 0. The highest BCUT2D eigenvalue weighted by Crippen LogP contribution is 2.16. The van der Waals surface area contributed by atoms with Gasteiger partial charge in [0, 0.05) is 0 Å². The molecule has 2 N–H and O–H groups in total. The number of rotatable bonds is 24. The lowest BCUT2D eigenvalue weighted by molar-refractivity contribution is -0.154. The van der Waals surface area contributed by atoms with Crippen LogP contribution in [-0.2, 0) is 9.59 Å². The van der Waals surface area contributed by atoms with Gasteiger partial charge in [-0.1, -0.05) is 142 Å². The van der Waals surface area contributed by atoms with Crippen LogP contribution in [0.5, 0.6) is 0 Å². The highest BCUT2D eigenvalue weighted by atomic mass is 16.4. The van der Waals surface area contributed by atoms with Crippen LogP contribution in [0.25, 0.3) is 0 Å². The van der Waals surface area contributed by atoms with E-state index in [1.54, 1.807) is 0 Å². The predicted molar refractivity (Wildman–Crippen MR) is 126 cm³/mol. The Morgan fingerprint density at radius 2 is 0.700 bits per heavy atom. The van der Waals surface area contributed by atoms with Gasteiger partial charge in [0.25, 0.3) is 0 Å². The molecule has 0 aliphatic rings. The molecule has 0 aliphatic heterocycles. The molecule has 0 aliphatic carbocycles. The molecular weight excluding hydrogens is 376 g/mol. The van der Waals surface area contributed by atoms with Gasteiger partial charge in [-0.15, -0.1) is 0 Å². The minimum Gasteiger partial charge on any atom is -0.481 e. The number of hydrogen-bond donors (Lipinski definition) is 2. The Morgan fingerprint density at radius 3 is 0.933 bits per heavy atom. The summed E-state index contributed by atoms with van der Waals surface area (Å²) < 4.78 is 0. The van der Waals surface area contributed by atoms with Crippen molar-refractivity contribution in [3.05, 3.63) is 0 Å². The highest BCUT2D eigenvalue weighted by Gasteiger charge is 2.24. The first kappa shape index (κ1) is 28.9. The molecule has 0 amide bonds. The van der Waals surface area contributed by atoms with E-state index >= 15 is 0 Å². The monoisotopic (exact) mass is 426 g/mol. The molecule has 0 aromatic carbocycles. The highest BCUT2D eigenvalue weighted by molar-refractivity contribution is 5.92. The first-order chi connectivity index (χ1) is 14.6. The largest absolute Gasteiger partial charge is 0.481 e. The average Bonchev–Trinajstić information content (AvgIpc) is 2.71. The van der Waals surface area contributed by atoms with Gasteiger partial charge in [-0.3, -0.25) is 9.59 Å². The maximum Gasteiger partial charge on any atom is 0.317 e. The molecule has 0 aromatic rings. The third kappa shape index (κ3) is 20.2. The summed E-state index contributed by atoms with van der Waals surface area (Å²) in [5, 5.41) is 17.7. The molecule has 0 spiro atoms. The van der Waals surface area contributed by atoms with Crippen molar-refractivity contribution in [2.75, 3.05) is 0 Å². The zero-order chi connectivity index (χ0) is 22.3. The van der Waals surface area contributed by atoms with Crippen molar-refractivity contribution < 1.29 is 19.8 Å². The lowest BCUT2D eigenvalue weighted by Gasteiger charge is -2.07. The maximum absolute atomic E-state index is 10.8. The van der Waals surface area contributed by atoms with Gasteiger partial charge in [0.2, 0.25) is 0 Å². The quantitative estimate of drug-likeness (QED) is 0.120. The number of aliphatic carboxylic acids is 2. The second kappa shape index (κ2) is 22.6. The van der Waals surface area contributed by atoms with E-state index in [4.69, 9.17) is 10.2 Å². The van der Waals surface area contributed by atoms with Crippen molar-refractivity contribution in [3.63, 3.8) is 0 Å². The van der Waals surface area contributed by atoms with Crippen LogP contribution >= 0.6 is 0 Å². The maximum atomic E-state index is 10.8. The van der Waals surface area contributed by atoms with E-state index in [2.05, 4.69) is 6.92 Å². The van der Waals surface area contributed by atoms with Crippen molar-refractivity contribution in [2.45, 2.75) is 148 Å². The van der Waals surface area contributed by atoms with Gasteiger partial charge in [-0.25, -0.2) is 0 Å². The molecule has 4 nitrogen and oxygen atoms in total. The summed E-state index contributed by atoms with van der Waals surface area (Å²) >= 11 is 0. The van der Waals surface area contributed by atoms with Crippen LogP contribution in [0.15, 0.2) is 0 Å². The van der Waals surface area contributed by atoms with Gasteiger partial charge in [0.05, 0.1) is 0 Å². The third-order valence-corrected chi connectivity index (χ3v) is 6.19. The van der Waals surface area contributed by atoms with Gasteiger partial charge in [-0.2, -0.15) is 0 Å². The van der Waals surface area contributed by atoms with Crippen molar-refractivity contribution in [3.8, 4) is 0 Å². The number of hydrogen-bond acceptors (Lipinski definition) is 2. The molecule has 0 radical (unpaired) electrons. The fourth-order valence-electron chi connectivity index (χ4n) is 4.13. The summed E-state index contributed by atoms with van der Waals surface area (Å²) in [4.78, 5) is 21.6. The van der Waals surface area contributed by atoms with Crippen LogP contribution in [0.2, 0.25) is 0 Å².